The van der Waals surface area contributed by atoms with Gasteiger partial charge < -0.3 is 10.1 Å². The average Bonchev–Trinajstić information content (AvgIpc) is 3.32. The molecule has 0 spiro atoms. The largest absolute Gasteiger partial charge is 0.480 e. The SMILES string of the molecule is O=C(O)[C@@H](c1c[nH]c2ccc(Br)cc12)N1CCC[C@@H](c2nc3ccccc3s2)C1. The topological polar surface area (TPSA) is 69.2 Å². The average molecular weight is 470 g/mol. The molecule has 0 bridgehead atoms. The van der Waals surface area contributed by atoms with Gasteiger partial charge in [0.1, 0.15) is 6.04 Å². The molecule has 4 aromatic rings. The number of carbonyl (C=O) groups is 1. The highest BCUT2D eigenvalue weighted by Gasteiger charge is 2.34. The van der Waals surface area contributed by atoms with Crippen LogP contribution in [0.4, 0.5) is 0 Å². The van der Waals surface area contributed by atoms with E-state index in [1.807, 2.05) is 42.6 Å². The first-order chi connectivity index (χ1) is 14.1. The van der Waals surface area contributed by atoms with Crippen LogP contribution in [0.2, 0.25) is 0 Å². The highest BCUT2D eigenvalue weighted by molar-refractivity contribution is 9.10. The normalized spacial score (nSPS) is 19.0. The summed E-state index contributed by atoms with van der Waals surface area (Å²) in [6.45, 7) is 1.48. The first-order valence-electron chi connectivity index (χ1n) is 9.69. The zero-order valence-corrected chi connectivity index (χ0v) is 18.0. The summed E-state index contributed by atoms with van der Waals surface area (Å²) in [4.78, 5) is 22.5. The molecule has 2 aromatic carbocycles. The number of rotatable bonds is 4. The summed E-state index contributed by atoms with van der Waals surface area (Å²) < 4.78 is 2.14. The molecular weight excluding hydrogens is 450 g/mol. The van der Waals surface area contributed by atoms with Gasteiger partial charge in [0.05, 0.1) is 15.2 Å². The fourth-order valence-corrected chi connectivity index (χ4v) is 5.79. The van der Waals surface area contributed by atoms with E-state index < -0.39 is 12.0 Å². The summed E-state index contributed by atoms with van der Waals surface area (Å²) in [5.74, 6) is -0.546. The fraction of sp³-hybridized carbons (Fsp3) is 0.273. The molecule has 0 amide bonds. The number of para-hydroxylation sites is 1. The summed E-state index contributed by atoms with van der Waals surface area (Å²) in [6, 6.07) is 13.4. The number of fused-ring (bicyclic) bond motifs is 2. The molecule has 29 heavy (non-hydrogen) atoms. The van der Waals surface area contributed by atoms with E-state index in [-0.39, 0.29) is 5.92 Å². The van der Waals surface area contributed by atoms with Crippen molar-refractivity contribution in [3.63, 3.8) is 0 Å². The second-order valence-corrected chi connectivity index (χ2v) is 9.51. The van der Waals surface area contributed by atoms with Crippen molar-refractivity contribution < 1.29 is 9.90 Å². The maximum Gasteiger partial charge on any atom is 0.325 e. The van der Waals surface area contributed by atoms with Gasteiger partial charge in [0.25, 0.3) is 0 Å². The Labute approximate surface area is 180 Å². The minimum absolute atomic E-state index is 0.264. The molecule has 1 saturated heterocycles. The number of carboxylic acids is 1. The lowest BCUT2D eigenvalue weighted by Gasteiger charge is -2.35. The third-order valence-corrected chi connectivity index (χ3v) is 7.37. The molecule has 2 N–H and O–H groups in total. The standard InChI is InChI=1S/C22H20BrN3O2S/c23-14-7-8-17-15(10-14)16(11-24-17)20(22(27)28)26-9-3-4-13(12-26)21-25-18-5-1-2-6-19(18)29-21/h1-2,5-8,10-11,13,20,24H,3-4,9,12H2,(H,27,28)/t13-,20-/m1/s1. The molecule has 1 fully saturated rings. The molecule has 7 heteroatoms. The van der Waals surface area contributed by atoms with Crippen molar-refractivity contribution in [3.05, 3.63) is 63.7 Å². The molecule has 5 rings (SSSR count). The number of nitrogens with zero attached hydrogens (tertiary/aromatic N) is 2. The van der Waals surface area contributed by atoms with Crippen LogP contribution in [0, 0.1) is 0 Å². The van der Waals surface area contributed by atoms with Gasteiger partial charge in [-0.25, -0.2) is 4.98 Å². The zero-order chi connectivity index (χ0) is 20.0. The minimum atomic E-state index is -0.809. The number of benzene rings is 2. The van der Waals surface area contributed by atoms with Crippen LogP contribution in [0.1, 0.15) is 35.4 Å². The second-order valence-electron chi connectivity index (χ2n) is 7.53. The van der Waals surface area contributed by atoms with Crippen LogP contribution >= 0.6 is 27.3 Å². The van der Waals surface area contributed by atoms with Crippen LogP contribution in [0.15, 0.2) is 53.1 Å². The lowest BCUT2D eigenvalue weighted by atomic mass is 9.95. The summed E-state index contributed by atoms with van der Waals surface area (Å²) in [6.07, 6.45) is 3.86. The van der Waals surface area contributed by atoms with E-state index >= 15 is 0 Å². The predicted molar refractivity (Wildman–Crippen MR) is 120 cm³/mol. The van der Waals surface area contributed by atoms with Crippen LogP contribution in [0.25, 0.3) is 21.1 Å². The molecule has 0 aliphatic carbocycles. The Bertz CT molecular complexity index is 1170. The molecule has 2 aromatic heterocycles. The third-order valence-electron chi connectivity index (χ3n) is 5.68. The summed E-state index contributed by atoms with van der Waals surface area (Å²) in [5.41, 5.74) is 2.80. The Hall–Kier alpha value is -2.22. The number of piperidine rings is 1. The van der Waals surface area contributed by atoms with Gasteiger partial charge >= 0.3 is 5.97 Å². The first kappa shape index (κ1) is 18.8. The maximum absolute atomic E-state index is 12.3. The highest BCUT2D eigenvalue weighted by Crippen LogP contribution is 2.37. The van der Waals surface area contributed by atoms with Gasteiger partial charge in [-0.15, -0.1) is 11.3 Å². The summed E-state index contributed by atoms with van der Waals surface area (Å²) in [5, 5.41) is 12.2. The molecule has 1 aliphatic rings. The fourth-order valence-electron chi connectivity index (χ4n) is 4.33. The van der Waals surface area contributed by atoms with E-state index in [4.69, 9.17) is 4.98 Å². The van der Waals surface area contributed by atoms with Gasteiger partial charge in [-0.3, -0.25) is 9.69 Å². The number of hydrogen-bond donors (Lipinski definition) is 2. The van der Waals surface area contributed by atoms with Crippen molar-refractivity contribution >= 4 is 54.4 Å². The number of aliphatic carboxylic acids is 1. The number of H-pyrrole nitrogens is 1. The molecule has 2 atom stereocenters. The Morgan fingerprint density at radius 1 is 1.31 bits per heavy atom. The molecule has 1 aliphatic heterocycles. The van der Waals surface area contributed by atoms with Gasteiger partial charge in [0.15, 0.2) is 0 Å². The molecule has 3 heterocycles. The number of halogens is 1. The van der Waals surface area contributed by atoms with Crippen LogP contribution in [-0.4, -0.2) is 39.0 Å². The number of aromatic amines is 1. The van der Waals surface area contributed by atoms with Crippen molar-refractivity contribution in [1.82, 2.24) is 14.9 Å². The quantitative estimate of drug-likeness (QED) is 0.411. The van der Waals surface area contributed by atoms with E-state index in [9.17, 15) is 9.90 Å². The smallest absolute Gasteiger partial charge is 0.325 e. The van der Waals surface area contributed by atoms with E-state index in [0.717, 1.165) is 50.8 Å². The van der Waals surface area contributed by atoms with Crippen molar-refractivity contribution in [3.8, 4) is 0 Å². The number of thiazole rings is 1. The number of aromatic nitrogens is 2. The Kier molecular flexibility index (Phi) is 4.89. The third kappa shape index (κ3) is 3.47. The van der Waals surface area contributed by atoms with Crippen molar-refractivity contribution in [1.29, 1.82) is 0 Å². The van der Waals surface area contributed by atoms with Crippen molar-refractivity contribution in [2.45, 2.75) is 24.8 Å². The maximum atomic E-state index is 12.3. The van der Waals surface area contributed by atoms with Crippen molar-refractivity contribution in [2.24, 2.45) is 0 Å². The van der Waals surface area contributed by atoms with E-state index in [2.05, 4.69) is 31.9 Å². The van der Waals surface area contributed by atoms with E-state index in [1.165, 1.54) is 4.70 Å². The van der Waals surface area contributed by atoms with Gasteiger partial charge in [-0.1, -0.05) is 28.1 Å². The van der Waals surface area contributed by atoms with Gasteiger partial charge in [-0.05, 0) is 49.7 Å². The molecule has 148 valence electrons. The lowest BCUT2D eigenvalue weighted by molar-refractivity contribution is -0.144. The first-order valence-corrected chi connectivity index (χ1v) is 11.3. The van der Waals surface area contributed by atoms with E-state index in [0.29, 0.717) is 6.54 Å². The number of nitrogens with one attached hydrogen (secondary N) is 1. The number of hydrogen-bond acceptors (Lipinski definition) is 4. The monoisotopic (exact) mass is 469 g/mol. The van der Waals surface area contributed by atoms with Crippen LogP contribution in [0.3, 0.4) is 0 Å². The van der Waals surface area contributed by atoms with Crippen LogP contribution < -0.4 is 0 Å². The Morgan fingerprint density at radius 3 is 3.00 bits per heavy atom. The van der Waals surface area contributed by atoms with Crippen LogP contribution in [0.5, 0.6) is 0 Å². The van der Waals surface area contributed by atoms with Crippen molar-refractivity contribution in [2.75, 3.05) is 13.1 Å². The highest BCUT2D eigenvalue weighted by atomic mass is 79.9. The van der Waals surface area contributed by atoms with E-state index in [1.54, 1.807) is 11.3 Å². The molecule has 0 unspecified atom stereocenters. The zero-order valence-electron chi connectivity index (χ0n) is 15.6. The minimum Gasteiger partial charge on any atom is -0.480 e. The number of likely N-dealkylation sites (tertiary alicyclic amines) is 1. The Morgan fingerprint density at radius 2 is 2.17 bits per heavy atom. The Balaban J connectivity index is 1.48. The number of carboxylic acid groups (broad SMARTS) is 1. The summed E-state index contributed by atoms with van der Waals surface area (Å²) in [7, 11) is 0. The molecular formula is C22H20BrN3O2S. The lowest BCUT2D eigenvalue weighted by Crippen LogP contribution is -2.40. The molecule has 5 nitrogen and oxygen atoms in total. The van der Waals surface area contributed by atoms with Gasteiger partial charge in [0, 0.05) is 39.6 Å². The molecule has 0 saturated carbocycles. The molecule has 0 radical (unpaired) electrons. The second kappa shape index (κ2) is 7.55. The van der Waals surface area contributed by atoms with Gasteiger partial charge in [0.2, 0.25) is 0 Å². The predicted octanol–water partition coefficient (Wildman–Crippen LogP) is 5.55. The van der Waals surface area contributed by atoms with Gasteiger partial charge in [-0.2, -0.15) is 0 Å². The summed E-state index contributed by atoms with van der Waals surface area (Å²) >= 11 is 5.24. The van der Waals surface area contributed by atoms with Crippen LogP contribution in [-0.2, 0) is 4.79 Å².